The molecule has 0 aromatic heterocycles. The van der Waals surface area contributed by atoms with Gasteiger partial charge in [0.25, 0.3) is 0 Å². The van der Waals surface area contributed by atoms with Gasteiger partial charge in [0, 0.05) is 12.1 Å². The van der Waals surface area contributed by atoms with Crippen LogP contribution in [0.15, 0.2) is 47.5 Å². The molecule has 3 rings (SSSR count). The van der Waals surface area contributed by atoms with Crippen LogP contribution >= 0.6 is 11.8 Å². The highest BCUT2D eigenvalue weighted by Gasteiger charge is 2.32. The van der Waals surface area contributed by atoms with Crippen molar-refractivity contribution in [2.45, 2.75) is 38.4 Å². The van der Waals surface area contributed by atoms with Gasteiger partial charge in [-0.15, -0.1) is 0 Å². The van der Waals surface area contributed by atoms with Gasteiger partial charge in [0.1, 0.15) is 11.1 Å². The Kier molecular flexibility index (Phi) is 6.46. The summed E-state index contributed by atoms with van der Waals surface area (Å²) in [5, 5.41) is 5.43. The number of benzene rings is 2. The highest BCUT2D eigenvalue weighted by Crippen LogP contribution is 2.30. The van der Waals surface area contributed by atoms with Crippen LogP contribution in [0, 0.1) is 5.82 Å². The molecular weight excluding hydrogens is 377 g/mol. The Morgan fingerprint density at radius 3 is 2.39 bits per heavy atom. The minimum absolute atomic E-state index is 0.0168. The largest absolute Gasteiger partial charge is 0.326 e. The molecular formula is C21H22FN3O2S. The van der Waals surface area contributed by atoms with Crippen LogP contribution in [0.1, 0.15) is 31.4 Å². The second-order valence-electron chi connectivity index (χ2n) is 6.40. The fraction of sp³-hybridized carbons (Fsp3) is 0.286. The Bertz CT molecular complexity index is 890. The molecule has 0 saturated carbocycles. The molecule has 0 bridgehead atoms. The first-order valence-electron chi connectivity index (χ1n) is 9.22. The van der Waals surface area contributed by atoms with E-state index in [1.165, 1.54) is 36.0 Å². The average Bonchev–Trinajstić information content (AvgIpc) is 3.02. The van der Waals surface area contributed by atoms with Crippen LogP contribution in [-0.4, -0.2) is 22.2 Å². The number of halogens is 1. The van der Waals surface area contributed by atoms with Crippen molar-refractivity contribution in [2.75, 3.05) is 5.32 Å². The normalized spacial score (nSPS) is 17.6. The molecule has 2 aromatic carbocycles. The zero-order valence-electron chi connectivity index (χ0n) is 15.8. The van der Waals surface area contributed by atoms with Crippen molar-refractivity contribution in [1.29, 1.82) is 0 Å². The van der Waals surface area contributed by atoms with Crippen LogP contribution in [0.2, 0.25) is 0 Å². The molecule has 1 atom stereocenters. The van der Waals surface area contributed by atoms with Gasteiger partial charge in [-0.25, -0.2) is 9.38 Å². The summed E-state index contributed by atoms with van der Waals surface area (Å²) in [6, 6.07) is 11.6. The number of thioether (sulfide) groups is 1. The van der Waals surface area contributed by atoms with Crippen LogP contribution in [0.4, 0.5) is 15.8 Å². The smallest absolute Gasteiger partial charge is 0.240 e. The zero-order valence-corrected chi connectivity index (χ0v) is 16.6. The number of anilines is 1. The van der Waals surface area contributed by atoms with Gasteiger partial charge >= 0.3 is 0 Å². The summed E-state index contributed by atoms with van der Waals surface area (Å²) in [7, 11) is 0. The second kappa shape index (κ2) is 9.01. The highest BCUT2D eigenvalue weighted by molar-refractivity contribution is 8.15. The first-order valence-corrected chi connectivity index (χ1v) is 10.1. The van der Waals surface area contributed by atoms with Gasteiger partial charge in [0.05, 0.1) is 5.69 Å². The molecule has 0 spiro atoms. The monoisotopic (exact) mass is 399 g/mol. The van der Waals surface area contributed by atoms with E-state index in [4.69, 9.17) is 0 Å². The lowest BCUT2D eigenvalue weighted by atomic mass is 10.0. The molecule has 1 fully saturated rings. The number of carbonyl (C=O) groups is 2. The summed E-state index contributed by atoms with van der Waals surface area (Å²) >= 11 is 1.26. The maximum absolute atomic E-state index is 13.0. The SMILES string of the molecule is CCc1cccc(CC)c1N=C1NC(=O)[C@@H](CC(=O)Nc2ccc(F)cc2)S1. The molecule has 2 amide bonds. The Hall–Kier alpha value is -2.67. The van der Waals surface area contributed by atoms with Crippen molar-refractivity contribution in [3.05, 3.63) is 59.4 Å². The minimum Gasteiger partial charge on any atom is -0.326 e. The van der Waals surface area contributed by atoms with Gasteiger partial charge in [-0.1, -0.05) is 43.8 Å². The maximum atomic E-state index is 13.0. The highest BCUT2D eigenvalue weighted by atomic mass is 32.2. The lowest BCUT2D eigenvalue weighted by Crippen LogP contribution is -2.28. The van der Waals surface area contributed by atoms with Crippen molar-refractivity contribution >= 4 is 40.1 Å². The number of para-hydroxylation sites is 1. The fourth-order valence-electron chi connectivity index (χ4n) is 2.97. The molecule has 2 N–H and O–H groups in total. The molecule has 146 valence electrons. The number of aliphatic imine (C=N–C) groups is 1. The van der Waals surface area contributed by atoms with Crippen LogP contribution < -0.4 is 10.6 Å². The van der Waals surface area contributed by atoms with Gasteiger partial charge < -0.3 is 10.6 Å². The van der Waals surface area contributed by atoms with E-state index in [0.29, 0.717) is 10.9 Å². The Morgan fingerprint density at radius 1 is 1.14 bits per heavy atom. The van der Waals surface area contributed by atoms with Crippen LogP contribution in [0.5, 0.6) is 0 Å². The summed E-state index contributed by atoms with van der Waals surface area (Å²) in [5.74, 6) is -0.905. The molecule has 7 heteroatoms. The third-order valence-electron chi connectivity index (χ3n) is 4.45. The molecule has 1 saturated heterocycles. The predicted molar refractivity (Wildman–Crippen MR) is 111 cm³/mol. The molecule has 1 aliphatic rings. The van der Waals surface area contributed by atoms with E-state index in [-0.39, 0.29) is 24.1 Å². The zero-order chi connectivity index (χ0) is 20.1. The molecule has 28 heavy (non-hydrogen) atoms. The number of nitrogens with one attached hydrogen (secondary N) is 2. The minimum atomic E-state index is -0.543. The third kappa shape index (κ3) is 4.78. The Balaban J connectivity index is 1.69. The first kappa shape index (κ1) is 20.1. The fourth-order valence-corrected chi connectivity index (χ4v) is 3.94. The molecule has 5 nitrogen and oxygen atoms in total. The average molecular weight is 399 g/mol. The summed E-state index contributed by atoms with van der Waals surface area (Å²) in [5.41, 5.74) is 3.64. The topological polar surface area (TPSA) is 70.6 Å². The van der Waals surface area contributed by atoms with Crippen LogP contribution in [0.25, 0.3) is 0 Å². The van der Waals surface area contributed by atoms with Gasteiger partial charge in [-0.3, -0.25) is 9.59 Å². The first-order chi connectivity index (χ1) is 13.5. The van der Waals surface area contributed by atoms with Gasteiger partial charge in [0.2, 0.25) is 11.8 Å². The number of hydrogen-bond acceptors (Lipinski definition) is 4. The van der Waals surface area contributed by atoms with Crippen molar-refractivity contribution in [3.8, 4) is 0 Å². The molecule has 2 aromatic rings. The van der Waals surface area contributed by atoms with Gasteiger partial charge in [0.15, 0.2) is 5.17 Å². The number of carbonyl (C=O) groups excluding carboxylic acids is 2. The van der Waals surface area contributed by atoms with E-state index in [9.17, 15) is 14.0 Å². The van der Waals surface area contributed by atoms with Gasteiger partial charge in [-0.05, 0) is 48.2 Å². The number of amides is 2. The Morgan fingerprint density at radius 2 is 1.79 bits per heavy atom. The summed E-state index contributed by atoms with van der Waals surface area (Å²) in [6.07, 6.45) is 1.72. The van der Waals surface area contributed by atoms with Crippen molar-refractivity contribution < 1.29 is 14.0 Å². The molecule has 0 aliphatic carbocycles. The second-order valence-corrected chi connectivity index (χ2v) is 7.60. The number of amidine groups is 1. The summed E-state index contributed by atoms with van der Waals surface area (Å²) in [4.78, 5) is 29.2. The van der Waals surface area contributed by atoms with Crippen molar-refractivity contribution in [1.82, 2.24) is 5.32 Å². The molecule has 0 unspecified atom stereocenters. The maximum Gasteiger partial charge on any atom is 0.240 e. The van der Waals surface area contributed by atoms with E-state index < -0.39 is 5.25 Å². The van der Waals surface area contributed by atoms with E-state index in [2.05, 4.69) is 29.5 Å². The van der Waals surface area contributed by atoms with Gasteiger partial charge in [-0.2, -0.15) is 0 Å². The molecule has 0 radical (unpaired) electrons. The number of hydrogen-bond donors (Lipinski definition) is 2. The standard InChI is InChI=1S/C21H22FN3O2S/c1-3-13-6-5-7-14(4-2)19(13)24-21-25-20(27)17(28-21)12-18(26)23-16-10-8-15(22)9-11-16/h5-11,17H,3-4,12H2,1-2H3,(H,23,26)(H,24,25,27)/t17-/m1/s1. The third-order valence-corrected chi connectivity index (χ3v) is 5.54. The predicted octanol–water partition coefficient (Wildman–Crippen LogP) is 4.20. The lowest BCUT2D eigenvalue weighted by Gasteiger charge is -2.09. The lowest BCUT2D eigenvalue weighted by molar-refractivity contribution is -0.122. The van der Waals surface area contributed by atoms with Crippen molar-refractivity contribution in [2.24, 2.45) is 4.99 Å². The summed E-state index contributed by atoms with van der Waals surface area (Å²) < 4.78 is 13.0. The number of aryl methyl sites for hydroxylation is 2. The number of rotatable bonds is 6. The Labute approximate surface area is 167 Å². The van der Waals surface area contributed by atoms with E-state index in [1.54, 1.807) is 0 Å². The molecule has 1 aliphatic heterocycles. The van der Waals surface area contributed by atoms with E-state index >= 15 is 0 Å². The van der Waals surface area contributed by atoms with Crippen molar-refractivity contribution in [3.63, 3.8) is 0 Å². The number of nitrogens with zero attached hydrogens (tertiary/aromatic N) is 1. The molecule has 1 heterocycles. The summed E-state index contributed by atoms with van der Waals surface area (Å²) in [6.45, 7) is 4.14. The quantitative estimate of drug-likeness (QED) is 0.765. The van der Waals surface area contributed by atoms with E-state index in [1.807, 2.05) is 18.2 Å². The van der Waals surface area contributed by atoms with Crippen LogP contribution in [0.3, 0.4) is 0 Å². The van der Waals surface area contributed by atoms with Crippen LogP contribution in [-0.2, 0) is 22.4 Å². The van der Waals surface area contributed by atoms with E-state index in [0.717, 1.165) is 29.7 Å².